The Morgan fingerprint density at radius 2 is 1.82 bits per heavy atom. The van der Waals surface area contributed by atoms with E-state index in [0.29, 0.717) is 41.8 Å². The standard InChI is InChI=1S/C34H37FN4O5/c1-21-8-5-11-25(29(21)35)20-36-31(40)28-12-7-14-39(28)32(41)38-26-17-24-13-15-43-30(24)27(18-26)23-10-6-9-22(16-23)19-37-33(42)44-34(2,3)4/h5-6,8-11,13,15-18,28H,7,12,14,19-20H2,1-4H3,(H,36,40)(H,37,42)(H,38,41). The number of anilines is 1. The van der Waals surface area contributed by atoms with Gasteiger partial charge in [-0.2, -0.15) is 0 Å². The molecule has 0 spiro atoms. The van der Waals surface area contributed by atoms with Crippen molar-refractivity contribution in [2.24, 2.45) is 0 Å². The van der Waals surface area contributed by atoms with E-state index in [0.717, 1.165) is 22.1 Å². The van der Waals surface area contributed by atoms with E-state index >= 15 is 0 Å². The number of alkyl carbamates (subject to hydrolysis) is 1. The normalized spacial score (nSPS) is 14.8. The summed E-state index contributed by atoms with van der Waals surface area (Å²) in [6, 6.07) is 17.1. The van der Waals surface area contributed by atoms with Crippen molar-refractivity contribution in [3.8, 4) is 11.1 Å². The number of carbonyl (C=O) groups excluding carboxylic acids is 3. The van der Waals surface area contributed by atoms with Gasteiger partial charge in [-0.15, -0.1) is 0 Å². The monoisotopic (exact) mass is 600 g/mol. The fourth-order valence-corrected chi connectivity index (χ4v) is 5.33. The maximum Gasteiger partial charge on any atom is 0.407 e. The molecule has 0 radical (unpaired) electrons. The lowest BCUT2D eigenvalue weighted by Gasteiger charge is -2.24. The molecule has 1 aromatic heterocycles. The van der Waals surface area contributed by atoms with Gasteiger partial charge in [-0.1, -0.05) is 36.4 Å². The molecule has 10 heteroatoms. The lowest BCUT2D eigenvalue weighted by Crippen LogP contribution is -2.47. The van der Waals surface area contributed by atoms with Gasteiger partial charge in [0.2, 0.25) is 5.91 Å². The summed E-state index contributed by atoms with van der Waals surface area (Å²) < 4.78 is 25.5. The van der Waals surface area contributed by atoms with Crippen LogP contribution in [0.4, 0.5) is 19.7 Å². The van der Waals surface area contributed by atoms with Crippen LogP contribution in [-0.2, 0) is 22.6 Å². The van der Waals surface area contributed by atoms with Gasteiger partial charge in [0.05, 0.1) is 6.26 Å². The highest BCUT2D eigenvalue weighted by Gasteiger charge is 2.34. The number of likely N-dealkylation sites (tertiary alicyclic amines) is 1. The van der Waals surface area contributed by atoms with Crippen molar-refractivity contribution in [1.82, 2.24) is 15.5 Å². The van der Waals surface area contributed by atoms with Crippen LogP contribution in [0.1, 0.15) is 50.3 Å². The molecular formula is C34H37FN4O5. The minimum atomic E-state index is -0.658. The topological polar surface area (TPSA) is 113 Å². The van der Waals surface area contributed by atoms with Crippen LogP contribution in [0.2, 0.25) is 0 Å². The summed E-state index contributed by atoms with van der Waals surface area (Å²) in [7, 11) is 0. The average Bonchev–Trinajstić information content (AvgIpc) is 3.66. The van der Waals surface area contributed by atoms with Crippen LogP contribution < -0.4 is 16.0 Å². The first-order valence-electron chi connectivity index (χ1n) is 14.7. The number of furan rings is 1. The molecule has 1 unspecified atom stereocenters. The number of urea groups is 1. The molecule has 1 saturated heterocycles. The Labute approximate surface area is 255 Å². The third-order valence-electron chi connectivity index (χ3n) is 7.42. The van der Waals surface area contributed by atoms with Crippen molar-refractivity contribution >= 4 is 34.7 Å². The summed E-state index contributed by atoms with van der Waals surface area (Å²) in [6.45, 7) is 7.84. The van der Waals surface area contributed by atoms with E-state index in [1.165, 1.54) is 4.90 Å². The van der Waals surface area contributed by atoms with Crippen LogP contribution in [0.25, 0.3) is 22.1 Å². The number of ether oxygens (including phenoxy) is 1. The van der Waals surface area contributed by atoms with Crippen molar-refractivity contribution in [3.05, 3.63) is 89.4 Å². The minimum absolute atomic E-state index is 0.0468. The second-order valence-electron chi connectivity index (χ2n) is 12.0. The number of hydrogen-bond donors (Lipinski definition) is 3. The first-order chi connectivity index (χ1) is 21.0. The number of nitrogens with zero attached hydrogens (tertiary/aromatic N) is 1. The maximum atomic E-state index is 14.4. The zero-order chi connectivity index (χ0) is 31.4. The summed E-state index contributed by atoms with van der Waals surface area (Å²) in [5.41, 5.74) is 3.98. The third kappa shape index (κ3) is 7.19. The molecule has 0 aliphatic carbocycles. The Balaban J connectivity index is 1.29. The predicted molar refractivity (Wildman–Crippen MR) is 166 cm³/mol. The van der Waals surface area contributed by atoms with E-state index < -0.39 is 23.8 Å². The van der Waals surface area contributed by atoms with Crippen molar-refractivity contribution in [2.45, 2.75) is 65.3 Å². The predicted octanol–water partition coefficient (Wildman–Crippen LogP) is 6.88. The molecule has 1 atom stereocenters. The lowest BCUT2D eigenvalue weighted by atomic mass is 10.0. The number of benzene rings is 3. The molecule has 4 amide bonds. The first kappa shape index (κ1) is 30.6. The number of rotatable bonds is 7. The van der Waals surface area contributed by atoms with Crippen molar-refractivity contribution in [2.75, 3.05) is 11.9 Å². The molecule has 9 nitrogen and oxygen atoms in total. The van der Waals surface area contributed by atoms with E-state index in [4.69, 9.17) is 9.15 Å². The number of fused-ring (bicyclic) bond motifs is 1. The Morgan fingerprint density at radius 3 is 2.61 bits per heavy atom. The molecule has 0 saturated carbocycles. The van der Waals surface area contributed by atoms with Crippen LogP contribution in [0, 0.1) is 12.7 Å². The second-order valence-corrected chi connectivity index (χ2v) is 12.0. The Bertz CT molecular complexity index is 1690. The lowest BCUT2D eigenvalue weighted by molar-refractivity contribution is -0.124. The Morgan fingerprint density at radius 1 is 1.02 bits per heavy atom. The zero-order valence-corrected chi connectivity index (χ0v) is 25.3. The van der Waals surface area contributed by atoms with Gasteiger partial charge in [0.1, 0.15) is 23.0 Å². The number of carbonyl (C=O) groups is 3. The van der Waals surface area contributed by atoms with Crippen LogP contribution in [-0.4, -0.2) is 41.1 Å². The van der Waals surface area contributed by atoms with E-state index in [9.17, 15) is 18.8 Å². The van der Waals surface area contributed by atoms with Crippen LogP contribution in [0.15, 0.2) is 71.3 Å². The summed E-state index contributed by atoms with van der Waals surface area (Å²) >= 11 is 0. The van der Waals surface area contributed by atoms with Crippen LogP contribution in [0.5, 0.6) is 0 Å². The average molecular weight is 601 g/mol. The zero-order valence-electron chi connectivity index (χ0n) is 25.3. The molecule has 44 heavy (non-hydrogen) atoms. The number of amides is 4. The Hall–Kier alpha value is -4.86. The maximum absolute atomic E-state index is 14.4. The summed E-state index contributed by atoms with van der Waals surface area (Å²) in [4.78, 5) is 40.1. The fourth-order valence-electron chi connectivity index (χ4n) is 5.33. The molecule has 2 heterocycles. The van der Waals surface area contributed by atoms with Crippen LogP contribution in [0.3, 0.4) is 0 Å². The molecular weight excluding hydrogens is 563 g/mol. The molecule has 1 aliphatic rings. The number of nitrogens with one attached hydrogen (secondary N) is 3. The van der Waals surface area contributed by atoms with Gasteiger partial charge in [-0.25, -0.2) is 14.0 Å². The van der Waals surface area contributed by atoms with Gasteiger partial charge >= 0.3 is 12.1 Å². The van der Waals surface area contributed by atoms with Crippen molar-refractivity contribution in [1.29, 1.82) is 0 Å². The second kappa shape index (κ2) is 12.8. The molecule has 1 aliphatic heterocycles. The van der Waals surface area contributed by atoms with Gasteiger partial charge in [0, 0.05) is 41.8 Å². The SMILES string of the molecule is Cc1cccc(CNC(=O)C2CCCN2C(=O)Nc2cc(-c3cccc(CNC(=O)OC(C)(C)C)c3)c3occc3c2)c1F. The highest BCUT2D eigenvalue weighted by molar-refractivity contribution is 6.00. The summed E-state index contributed by atoms with van der Waals surface area (Å²) in [5.74, 6) is -0.662. The Kier molecular flexibility index (Phi) is 8.89. The highest BCUT2D eigenvalue weighted by Crippen LogP contribution is 2.34. The number of halogens is 1. The smallest absolute Gasteiger partial charge is 0.407 e. The molecule has 1 fully saturated rings. The van der Waals surface area contributed by atoms with Gasteiger partial charge in [0.15, 0.2) is 0 Å². The molecule has 230 valence electrons. The van der Waals surface area contributed by atoms with E-state index in [1.807, 2.05) is 42.5 Å². The summed E-state index contributed by atoms with van der Waals surface area (Å²) in [6.07, 6.45) is 2.29. The highest BCUT2D eigenvalue weighted by atomic mass is 19.1. The van der Waals surface area contributed by atoms with Crippen molar-refractivity contribution < 1.29 is 27.9 Å². The first-order valence-corrected chi connectivity index (χ1v) is 14.7. The van der Waals surface area contributed by atoms with Crippen molar-refractivity contribution in [3.63, 3.8) is 0 Å². The molecule has 3 aromatic carbocycles. The van der Waals surface area contributed by atoms with E-state index in [1.54, 1.807) is 52.2 Å². The molecule has 3 N–H and O–H groups in total. The fraction of sp³-hybridized carbons (Fsp3) is 0.324. The largest absolute Gasteiger partial charge is 0.464 e. The minimum Gasteiger partial charge on any atom is -0.464 e. The number of aryl methyl sites for hydroxylation is 1. The van der Waals surface area contributed by atoms with Gasteiger partial charge in [-0.3, -0.25) is 4.79 Å². The van der Waals surface area contributed by atoms with Gasteiger partial charge < -0.3 is 30.0 Å². The van der Waals surface area contributed by atoms with Crippen LogP contribution >= 0.6 is 0 Å². The molecule has 0 bridgehead atoms. The van der Waals surface area contributed by atoms with E-state index in [2.05, 4.69) is 16.0 Å². The summed E-state index contributed by atoms with van der Waals surface area (Å²) in [5, 5.41) is 9.33. The molecule has 4 aromatic rings. The number of hydrogen-bond acceptors (Lipinski definition) is 5. The molecule has 5 rings (SSSR count). The van der Waals surface area contributed by atoms with Gasteiger partial charge in [0.25, 0.3) is 0 Å². The quantitative estimate of drug-likeness (QED) is 0.214. The third-order valence-corrected chi connectivity index (χ3v) is 7.42. The van der Waals surface area contributed by atoms with E-state index in [-0.39, 0.29) is 24.8 Å². The van der Waals surface area contributed by atoms with Gasteiger partial charge in [-0.05, 0) is 81.5 Å².